The van der Waals surface area contributed by atoms with Crippen molar-refractivity contribution in [2.45, 2.75) is 69.5 Å². The molecule has 1 aromatic heterocycles. The van der Waals surface area contributed by atoms with E-state index in [1.165, 1.54) is 9.55 Å². The Labute approximate surface area is 190 Å². The van der Waals surface area contributed by atoms with Crippen molar-refractivity contribution >= 4 is 20.9 Å². The number of para-hydroxylation sites is 1. The van der Waals surface area contributed by atoms with Crippen molar-refractivity contribution in [3.05, 3.63) is 77.5 Å². The van der Waals surface area contributed by atoms with Crippen molar-refractivity contribution in [1.29, 1.82) is 0 Å². The Morgan fingerprint density at radius 3 is 2.47 bits per heavy atom. The SMILES string of the molecule is Cc1ccc(S(=O)(=O)n2cc([C@H]3C4=CCCC[C@@H]4ON3C(C)(C)C)c3ccccc32)cc1. The van der Waals surface area contributed by atoms with E-state index in [1.807, 2.05) is 49.5 Å². The fraction of sp³-hybridized carbons (Fsp3) is 0.385. The highest BCUT2D eigenvalue weighted by atomic mass is 32.2. The standard InChI is InChI=1S/C26H30N2O3S/c1-18-13-15-19(16-14-18)32(29,30)27-17-22(20-9-5-7-11-23(20)27)25-21-10-6-8-12-24(21)31-28(25)26(2,3)4/h5,7,9-11,13-17,24-25H,6,8,12H2,1-4H3/t24-,25+/m0/s1. The maximum atomic E-state index is 13.7. The summed E-state index contributed by atoms with van der Waals surface area (Å²) < 4.78 is 28.7. The van der Waals surface area contributed by atoms with Crippen LogP contribution in [0.5, 0.6) is 0 Å². The number of rotatable bonds is 3. The smallest absolute Gasteiger partial charge is 0.268 e. The summed E-state index contributed by atoms with van der Waals surface area (Å²) in [6, 6.07) is 14.7. The zero-order valence-electron chi connectivity index (χ0n) is 19.1. The van der Waals surface area contributed by atoms with Gasteiger partial charge in [0.15, 0.2) is 0 Å². The summed E-state index contributed by atoms with van der Waals surface area (Å²) in [4.78, 5) is 6.74. The second-order valence-corrected chi connectivity index (χ2v) is 11.7. The number of aromatic nitrogens is 1. The molecule has 0 N–H and O–H groups in total. The van der Waals surface area contributed by atoms with Crippen LogP contribution in [0.15, 0.2) is 71.3 Å². The number of benzene rings is 2. The lowest BCUT2D eigenvalue weighted by atomic mass is 9.87. The Kier molecular flexibility index (Phi) is 5.08. The van der Waals surface area contributed by atoms with Gasteiger partial charge in [-0.1, -0.05) is 42.0 Å². The van der Waals surface area contributed by atoms with E-state index in [0.717, 1.165) is 35.8 Å². The third kappa shape index (κ3) is 3.41. The first-order valence-corrected chi connectivity index (χ1v) is 12.7. The average molecular weight is 451 g/mol. The molecule has 2 atom stereocenters. The number of hydrogen-bond acceptors (Lipinski definition) is 4. The molecule has 5 nitrogen and oxygen atoms in total. The molecule has 32 heavy (non-hydrogen) atoms. The van der Waals surface area contributed by atoms with E-state index in [-0.39, 0.29) is 17.7 Å². The number of fused-ring (bicyclic) bond motifs is 2. The van der Waals surface area contributed by atoms with Crippen LogP contribution in [0, 0.1) is 6.92 Å². The zero-order chi connectivity index (χ0) is 22.7. The molecule has 5 rings (SSSR count). The normalized spacial score (nSPS) is 22.2. The van der Waals surface area contributed by atoms with Gasteiger partial charge >= 0.3 is 0 Å². The predicted octanol–water partition coefficient (Wildman–Crippen LogP) is 5.75. The van der Waals surface area contributed by atoms with Gasteiger partial charge in [-0.15, -0.1) is 0 Å². The molecule has 168 valence electrons. The maximum absolute atomic E-state index is 13.7. The van der Waals surface area contributed by atoms with Gasteiger partial charge in [-0.25, -0.2) is 12.4 Å². The third-order valence-corrected chi connectivity index (χ3v) is 8.14. The predicted molar refractivity (Wildman–Crippen MR) is 127 cm³/mol. The van der Waals surface area contributed by atoms with Crippen LogP contribution in [0.2, 0.25) is 0 Å². The molecule has 6 heteroatoms. The Bertz CT molecular complexity index is 1300. The average Bonchev–Trinajstić information content (AvgIpc) is 3.33. The fourth-order valence-electron chi connectivity index (χ4n) is 4.87. The van der Waals surface area contributed by atoms with E-state index in [1.54, 1.807) is 12.1 Å². The van der Waals surface area contributed by atoms with Crippen LogP contribution in [0.25, 0.3) is 10.9 Å². The van der Waals surface area contributed by atoms with E-state index < -0.39 is 10.0 Å². The van der Waals surface area contributed by atoms with Crippen LogP contribution in [0.4, 0.5) is 0 Å². The van der Waals surface area contributed by atoms with Gasteiger partial charge in [0, 0.05) is 22.7 Å². The van der Waals surface area contributed by atoms with Crippen LogP contribution >= 0.6 is 0 Å². The minimum atomic E-state index is -3.74. The number of hydroxylamine groups is 2. The molecule has 2 aromatic carbocycles. The molecule has 1 aliphatic carbocycles. The molecular weight excluding hydrogens is 420 g/mol. The van der Waals surface area contributed by atoms with Crippen LogP contribution in [-0.2, 0) is 14.9 Å². The summed E-state index contributed by atoms with van der Waals surface area (Å²) in [5.74, 6) is 0. The minimum Gasteiger partial charge on any atom is -0.290 e. The highest BCUT2D eigenvalue weighted by Gasteiger charge is 2.46. The van der Waals surface area contributed by atoms with Gasteiger partial charge in [0.25, 0.3) is 10.0 Å². The second-order valence-electron chi connectivity index (χ2n) is 9.84. The van der Waals surface area contributed by atoms with E-state index >= 15 is 0 Å². The van der Waals surface area contributed by atoms with Crippen LogP contribution in [-0.4, -0.2) is 29.1 Å². The summed E-state index contributed by atoms with van der Waals surface area (Å²) in [6.07, 6.45) is 7.31. The summed E-state index contributed by atoms with van der Waals surface area (Å²) >= 11 is 0. The van der Waals surface area contributed by atoms with E-state index in [2.05, 4.69) is 31.9 Å². The summed E-state index contributed by atoms with van der Waals surface area (Å²) in [6.45, 7) is 8.37. The first kappa shape index (κ1) is 21.4. The topological polar surface area (TPSA) is 51.5 Å². The molecule has 3 aromatic rings. The monoisotopic (exact) mass is 450 g/mol. The van der Waals surface area contributed by atoms with Gasteiger partial charge < -0.3 is 0 Å². The highest BCUT2D eigenvalue weighted by molar-refractivity contribution is 7.90. The van der Waals surface area contributed by atoms with Gasteiger partial charge in [0.2, 0.25) is 0 Å². The second kappa shape index (κ2) is 7.58. The van der Waals surface area contributed by atoms with Crippen molar-refractivity contribution in [1.82, 2.24) is 9.04 Å². The van der Waals surface area contributed by atoms with E-state index in [9.17, 15) is 8.42 Å². The number of hydrogen-bond donors (Lipinski definition) is 0. The first-order valence-electron chi connectivity index (χ1n) is 11.3. The van der Waals surface area contributed by atoms with Crippen molar-refractivity contribution in [2.75, 3.05) is 0 Å². The lowest BCUT2D eigenvalue weighted by Gasteiger charge is -2.34. The van der Waals surface area contributed by atoms with E-state index in [4.69, 9.17) is 4.84 Å². The number of nitrogens with zero attached hydrogens (tertiary/aromatic N) is 2. The van der Waals surface area contributed by atoms with Crippen molar-refractivity contribution in [3.8, 4) is 0 Å². The minimum absolute atomic E-state index is 0.0591. The molecule has 0 saturated carbocycles. The summed E-state index contributed by atoms with van der Waals surface area (Å²) in [5.41, 5.74) is 3.71. The van der Waals surface area contributed by atoms with Gasteiger partial charge in [0.1, 0.15) is 6.10 Å². The van der Waals surface area contributed by atoms with Crippen molar-refractivity contribution < 1.29 is 13.3 Å². The van der Waals surface area contributed by atoms with Crippen LogP contribution < -0.4 is 0 Å². The molecule has 0 radical (unpaired) electrons. The quantitative estimate of drug-likeness (QED) is 0.477. The molecule has 1 aliphatic heterocycles. The Morgan fingerprint density at radius 1 is 1.03 bits per heavy atom. The Morgan fingerprint density at radius 2 is 1.75 bits per heavy atom. The van der Waals surface area contributed by atoms with Gasteiger partial charge in [-0.05, 0) is 70.7 Å². The van der Waals surface area contributed by atoms with Gasteiger partial charge in [0.05, 0.1) is 16.5 Å². The van der Waals surface area contributed by atoms with Crippen LogP contribution in [0.3, 0.4) is 0 Å². The largest absolute Gasteiger partial charge is 0.290 e. The van der Waals surface area contributed by atoms with Gasteiger partial charge in [-0.3, -0.25) is 4.84 Å². The van der Waals surface area contributed by atoms with Crippen molar-refractivity contribution in [2.24, 2.45) is 0 Å². The van der Waals surface area contributed by atoms with E-state index in [0.29, 0.717) is 10.4 Å². The molecule has 2 heterocycles. The maximum Gasteiger partial charge on any atom is 0.268 e. The molecule has 0 unspecified atom stereocenters. The molecular formula is C26H30N2O3S. The third-order valence-electron chi connectivity index (χ3n) is 6.46. The number of allylic oxidation sites excluding steroid dienone is 1. The molecule has 2 aliphatic rings. The zero-order valence-corrected chi connectivity index (χ0v) is 19.9. The molecule has 1 fully saturated rings. The van der Waals surface area contributed by atoms with Gasteiger partial charge in [-0.2, -0.15) is 5.06 Å². The number of aryl methyl sites for hydroxylation is 1. The molecule has 0 bridgehead atoms. The Hall–Kier alpha value is -2.41. The molecule has 0 amide bonds. The lowest BCUT2D eigenvalue weighted by molar-refractivity contribution is -0.214. The molecule has 1 saturated heterocycles. The summed E-state index contributed by atoms with van der Waals surface area (Å²) in [7, 11) is -3.74. The lowest BCUT2D eigenvalue weighted by Crippen LogP contribution is -2.40. The fourth-order valence-corrected chi connectivity index (χ4v) is 6.25. The summed E-state index contributed by atoms with van der Waals surface area (Å²) in [5, 5.41) is 3.01. The Balaban J connectivity index is 1.72. The highest BCUT2D eigenvalue weighted by Crippen LogP contribution is 2.48. The molecule has 0 spiro atoms. The van der Waals surface area contributed by atoms with Crippen LogP contribution in [0.1, 0.15) is 57.2 Å². The first-order chi connectivity index (χ1) is 15.2. The van der Waals surface area contributed by atoms with Crippen molar-refractivity contribution in [3.63, 3.8) is 0 Å².